The number of hydrogen-bond acceptors (Lipinski definition) is 2. The summed E-state index contributed by atoms with van der Waals surface area (Å²) in [7, 11) is 1.57. The number of rotatable bonds is 3. The van der Waals surface area contributed by atoms with Crippen molar-refractivity contribution in [2.75, 3.05) is 7.05 Å². The molecule has 0 radical (unpaired) electrons. The van der Waals surface area contributed by atoms with E-state index in [1.807, 2.05) is 0 Å². The van der Waals surface area contributed by atoms with Gasteiger partial charge in [0.05, 0.1) is 0 Å². The molecule has 1 aromatic carbocycles. The van der Waals surface area contributed by atoms with Gasteiger partial charge in [-0.25, -0.2) is 4.79 Å². The van der Waals surface area contributed by atoms with Crippen molar-refractivity contribution >= 4 is 29.2 Å². The molecule has 1 aromatic rings. The van der Waals surface area contributed by atoms with Crippen molar-refractivity contribution in [3.63, 3.8) is 0 Å². The summed E-state index contributed by atoms with van der Waals surface area (Å²) in [6.45, 7) is 1.55. The fourth-order valence-electron chi connectivity index (χ4n) is 1.25. The second-order valence-corrected chi connectivity index (χ2v) is 4.15. The van der Waals surface area contributed by atoms with Crippen LogP contribution in [-0.4, -0.2) is 18.1 Å². The minimum absolute atomic E-state index is 0.335. The van der Waals surface area contributed by atoms with E-state index in [1.165, 1.54) is 6.07 Å². The molecule has 0 bridgehead atoms. The lowest BCUT2D eigenvalue weighted by Crippen LogP contribution is -2.44. The molecule has 0 aliphatic carbocycles. The molecule has 0 heterocycles. The third-order valence-corrected chi connectivity index (χ3v) is 2.95. The van der Waals surface area contributed by atoms with Crippen LogP contribution in [-0.2, 0) is 10.3 Å². The maximum atomic E-state index is 11.1. The molecule has 0 spiro atoms. The first kappa shape index (κ1) is 12.3. The Bertz CT molecular complexity index is 395. The third kappa shape index (κ3) is 2.25. The van der Waals surface area contributed by atoms with Gasteiger partial charge in [-0.1, -0.05) is 29.3 Å². The van der Waals surface area contributed by atoms with Gasteiger partial charge in [0.15, 0.2) is 0 Å². The normalized spacial score (nSPS) is 14.7. The molecule has 0 saturated heterocycles. The maximum Gasteiger partial charge on any atom is 0.328 e. The minimum Gasteiger partial charge on any atom is -0.480 e. The number of benzene rings is 1. The maximum absolute atomic E-state index is 11.1. The Kier molecular flexibility index (Phi) is 3.60. The first-order valence-electron chi connectivity index (χ1n) is 4.29. The van der Waals surface area contributed by atoms with Crippen molar-refractivity contribution in [3.05, 3.63) is 33.8 Å². The highest BCUT2D eigenvalue weighted by Crippen LogP contribution is 2.30. The van der Waals surface area contributed by atoms with Gasteiger partial charge in [-0.2, -0.15) is 0 Å². The Morgan fingerprint density at radius 3 is 2.47 bits per heavy atom. The molecule has 2 N–H and O–H groups in total. The van der Waals surface area contributed by atoms with Gasteiger partial charge >= 0.3 is 5.97 Å². The number of carboxylic acid groups (broad SMARTS) is 1. The van der Waals surface area contributed by atoms with Crippen molar-refractivity contribution in [1.29, 1.82) is 0 Å². The van der Waals surface area contributed by atoms with E-state index in [-0.39, 0.29) is 0 Å². The number of likely N-dealkylation sites (N-methyl/N-ethyl adjacent to an activating group) is 1. The molecule has 0 saturated carbocycles. The Morgan fingerprint density at radius 1 is 1.47 bits per heavy atom. The number of aliphatic carboxylic acids is 1. The van der Waals surface area contributed by atoms with E-state index in [4.69, 9.17) is 28.3 Å². The molecular formula is C10H11Cl2NO2. The molecule has 0 amide bonds. The average Bonchev–Trinajstić information content (AvgIpc) is 2.16. The van der Waals surface area contributed by atoms with Crippen LogP contribution >= 0.6 is 23.2 Å². The lowest BCUT2D eigenvalue weighted by molar-refractivity contribution is -0.144. The second-order valence-electron chi connectivity index (χ2n) is 3.30. The number of hydrogen-bond donors (Lipinski definition) is 2. The molecule has 3 nitrogen and oxygen atoms in total. The summed E-state index contributed by atoms with van der Waals surface area (Å²) in [6, 6.07) is 4.74. The van der Waals surface area contributed by atoms with Crippen LogP contribution in [0, 0.1) is 0 Å². The monoisotopic (exact) mass is 247 g/mol. The fraction of sp³-hybridized carbons (Fsp3) is 0.300. The van der Waals surface area contributed by atoms with Crippen LogP contribution in [0.5, 0.6) is 0 Å². The van der Waals surface area contributed by atoms with E-state index < -0.39 is 11.5 Å². The van der Waals surface area contributed by atoms with Crippen molar-refractivity contribution in [1.82, 2.24) is 5.32 Å². The lowest BCUT2D eigenvalue weighted by Gasteiger charge is -2.25. The topological polar surface area (TPSA) is 49.3 Å². The number of halogens is 2. The molecule has 0 aromatic heterocycles. The van der Waals surface area contributed by atoms with Crippen LogP contribution in [0.3, 0.4) is 0 Å². The third-order valence-electron chi connectivity index (χ3n) is 2.40. The summed E-state index contributed by atoms with van der Waals surface area (Å²) in [5.41, 5.74) is -0.717. The first-order valence-corrected chi connectivity index (χ1v) is 5.05. The van der Waals surface area contributed by atoms with Crippen LogP contribution in [0.25, 0.3) is 0 Å². The van der Waals surface area contributed by atoms with E-state index in [0.717, 1.165) is 0 Å². The van der Waals surface area contributed by atoms with Crippen molar-refractivity contribution in [3.8, 4) is 0 Å². The standard InChI is InChI=1S/C10H11Cl2NO2/c1-10(13-2,9(14)15)7-4-3-6(11)5-8(7)12/h3-5,13H,1-2H3,(H,14,15). The van der Waals surface area contributed by atoms with Crippen LogP contribution < -0.4 is 5.32 Å². The molecule has 0 aliphatic heterocycles. The smallest absolute Gasteiger partial charge is 0.328 e. The summed E-state index contributed by atoms with van der Waals surface area (Å²) in [5, 5.41) is 12.7. The van der Waals surface area contributed by atoms with Gasteiger partial charge in [0.2, 0.25) is 0 Å². The SMILES string of the molecule is CNC(C)(C(=O)O)c1ccc(Cl)cc1Cl. The number of nitrogens with one attached hydrogen (secondary N) is 1. The first-order chi connectivity index (χ1) is 6.91. The molecule has 15 heavy (non-hydrogen) atoms. The Hall–Kier alpha value is -0.770. The van der Waals surface area contributed by atoms with Gasteiger partial charge in [-0.05, 0) is 26.1 Å². The average molecular weight is 248 g/mol. The van der Waals surface area contributed by atoms with Crippen LogP contribution in [0.2, 0.25) is 10.0 Å². The fourth-order valence-corrected chi connectivity index (χ4v) is 1.85. The summed E-state index contributed by atoms with van der Waals surface area (Å²) in [5.74, 6) is -0.991. The van der Waals surface area contributed by atoms with Crippen molar-refractivity contribution < 1.29 is 9.90 Å². The predicted molar refractivity (Wildman–Crippen MR) is 60.5 cm³/mol. The summed E-state index contributed by atoms with van der Waals surface area (Å²) in [6.07, 6.45) is 0. The van der Waals surface area contributed by atoms with Crippen LogP contribution in [0.15, 0.2) is 18.2 Å². The molecular weight excluding hydrogens is 237 g/mol. The quantitative estimate of drug-likeness (QED) is 0.864. The molecule has 1 rings (SSSR count). The Labute approximate surface area is 98.0 Å². The van der Waals surface area contributed by atoms with Crippen molar-refractivity contribution in [2.24, 2.45) is 0 Å². The molecule has 0 aliphatic rings. The highest BCUT2D eigenvalue weighted by molar-refractivity contribution is 6.35. The summed E-state index contributed by atoms with van der Waals surface area (Å²) in [4.78, 5) is 11.1. The van der Waals surface area contributed by atoms with Gasteiger partial charge in [0, 0.05) is 15.6 Å². The zero-order valence-electron chi connectivity index (χ0n) is 8.34. The summed E-state index contributed by atoms with van der Waals surface area (Å²) < 4.78 is 0. The zero-order valence-corrected chi connectivity index (χ0v) is 9.86. The molecule has 5 heteroatoms. The summed E-state index contributed by atoms with van der Waals surface area (Å²) >= 11 is 11.7. The Morgan fingerprint density at radius 2 is 2.07 bits per heavy atom. The van der Waals surface area contributed by atoms with E-state index >= 15 is 0 Å². The number of carbonyl (C=O) groups is 1. The zero-order chi connectivity index (χ0) is 11.6. The minimum atomic E-state index is -1.21. The molecule has 82 valence electrons. The highest BCUT2D eigenvalue weighted by atomic mass is 35.5. The molecule has 1 unspecified atom stereocenters. The van der Waals surface area contributed by atoms with Gasteiger partial charge in [-0.15, -0.1) is 0 Å². The van der Waals surface area contributed by atoms with Gasteiger partial charge in [0.1, 0.15) is 5.54 Å². The van der Waals surface area contributed by atoms with E-state index in [9.17, 15) is 4.79 Å². The van der Waals surface area contributed by atoms with E-state index in [2.05, 4.69) is 5.32 Å². The largest absolute Gasteiger partial charge is 0.480 e. The van der Waals surface area contributed by atoms with Gasteiger partial charge in [-0.3, -0.25) is 0 Å². The van der Waals surface area contributed by atoms with Crippen LogP contribution in [0.4, 0.5) is 0 Å². The van der Waals surface area contributed by atoms with E-state index in [0.29, 0.717) is 15.6 Å². The highest BCUT2D eigenvalue weighted by Gasteiger charge is 2.35. The number of carboxylic acids is 1. The van der Waals surface area contributed by atoms with Crippen LogP contribution in [0.1, 0.15) is 12.5 Å². The van der Waals surface area contributed by atoms with Gasteiger partial charge in [0.25, 0.3) is 0 Å². The van der Waals surface area contributed by atoms with Gasteiger partial charge < -0.3 is 10.4 Å². The second kappa shape index (κ2) is 4.39. The lowest BCUT2D eigenvalue weighted by atomic mass is 9.92. The predicted octanol–water partition coefficient (Wildman–Crippen LogP) is 2.51. The Balaban J connectivity index is 3.30. The molecule has 1 atom stereocenters. The van der Waals surface area contributed by atoms with Crippen molar-refractivity contribution in [2.45, 2.75) is 12.5 Å². The van der Waals surface area contributed by atoms with E-state index in [1.54, 1.807) is 26.1 Å². The molecule has 0 fully saturated rings.